The number of aldehydes is 1. The predicted molar refractivity (Wildman–Crippen MR) is 51.7 cm³/mol. The summed E-state index contributed by atoms with van der Waals surface area (Å²) in [4.78, 5) is 14.2. The van der Waals surface area contributed by atoms with Crippen molar-refractivity contribution in [3.63, 3.8) is 0 Å². The fourth-order valence-corrected chi connectivity index (χ4v) is 1.24. The molecule has 0 saturated heterocycles. The van der Waals surface area contributed by atoms with E-state index in [0.29, 0.717) is 17.2 Å². The quantitative estimate of drug-likeness (QED) is 0.721. The van der Waals surface area contributed by atoms with Crippen molar-refractivity contribution in [1.29, 1.82) is 0 Å². The van der Waals surface area contributed by atoms with Gasteiger partial charge in [-0.2, -0.15) is 0 Å². The number of carbonyl (C=O) groups is 1. The van der Waals surface area contributed by atoms with Gasteiger partial charge in [0.25, 0.3) is 0 Å². The highest BCUT2D eigenvalue weighted by Crippen LogP contribution is 2.19. The molecule has 76 valence electrons. The Balaban J connectivity index is 2.32. The lowest BCUT2D eigenvalue weighted by atomic mass is 10.2. The van der Waals surface area contributed by atoms with Crippen molar-refractivity contribution in [2.45, 2.75) is 6.42 Å². The fourth-order valence-electron chi connectivity index (χ4n) is 1.24. The Hall–Kier alpha value is -1.97. The molecule has 0 atom stereocenters. The molecule has 4 heteroatoms. The van der Waals surface area contributed by atoms with Gasteiger partial charge < -0.3 is 9.21 Å². The summed E-state index contributed by atoms with van der Waals surface area (Å²) in [5.41, 5.74) is 0.562. The number of oxazole rings is 1. The molecule has 3 nitrogen and oxygen atoms in total. The lowest BCUT2D eigenvalue weighted by Gasteiger charge is -1.94. The highest BCUT2D eigenvalue weighted by atomic mass is 19.1. The van der Waals surface area contributed by atoms with Crippen LogP contribution in [0.1, 0.15) is 5.76 Å². The number of carbonyl (C=O) groups excluding carboxylic acids is 1. The topological polar surface area (TPSA) is 43.1 Å². The van der Waals surface area contributed by atoms with Crippen LogP contribution < -0.4 is 0 Å². The zero-order valence-electron chi connectivity index (χ0n) is 7.81. The fraction of sp³-hybridized carbons (Fsp3) is 0.0909. The van der Waals surface area contributed by atoms with Gasteiger partial charge in [0, 0.05) is 5.56 Å². The maximum absolute atomic E-state index is 12.9. The summed E-state index contributed by atoms with van der Waals surface area (Å²) in [6, 6.07) is 5.95. The van der Waals surface area contributed by atoms with Gasteiger partial charge in [0.1, 0.15) is 17.9 Å². The van der Waals surface area contributed by atoms with Gasteiger partial charge in [0.05, 0.1) is 12.6 Å². The first-order valence-corrected chi connectivity index (χ1v) is 4.44. The van der Waals surface area contributed by atoms with Crippen molar-refractivity contribution in [2.75, 3.05) is 0 Å². The number of nitrogens with zero attached hydrogens (tertiary/aromatic N) is 1. The average molecular weight is 205 g/mol. The van der Waals surface area contributed by atoms with Crippen LogP contribution in [0.15, 0.2) is 34.9 Å². The van der Waals surface area contributed by atoms with Gasteiger partial charge in [-0.05, 0) is 18.2 Å². The van der Waals surface area contributed by atoms with Crippen LogP contribution in [0.2, 0.25) is 0 Å². The standard InChI is InChI=1S/C11H8FNO2/c12-9-3-1-2-8(6-9)11-13-7-10(15-11)4-5-14/h1-3,5-7H,4H2. The number of rotatable bonds is 3. The lowest BCUT2D eigenvalue weighted by molar-refractivity contribution is -0.107. The molecule has 0 unspecified atom stereocenters. The molecule has 0 saturated carbocycles. The Morgan fingerprint density at radius 2 is 2.33 bits per heavy atom. The van der Waals surface area contributed by atoms with Crippen molar-refractivity contribution in [3.05, 3.63) is 42.0 Å². The van der Waals surface area contributed by atoms with Crippen LogP contribution in [0.4, 0.5) is 4.39 Å². The second kappa shape index (κ2) is 4.04. The van der Waals surface area contributed by atoms with Crippen molar-refractivity contribution in [1.82, 2.24) is 4.98 Å². The average Bonchev–Trinajstić information content (AvgIpc) is 2.67. The summed E-state index contributed by atoms with van der Waals surface area (Å²) in [5.74, 6) is 0.457. The summed E-state index contributed by atoms with van der Waals surface area (Å²) in [6.45, 7) is 0. The Morgan fingerprint density at radius 1 is 1.47 bits per heavy atom. The molecule has 0 N–H and O–H groups in total. The molecule has 0 amide bonds. The van der Waals surface area contributed by atoms with E-state index in [1.54, 1.807) is 12.1 Å². The third-order valence-electron chi connectivity index (χ3n) is 1.91. The van der Waals surface area contributed by atoms with Gasteiger partial charge in [-0.25, -0.2) is 9.37 Å². The first kappa shape index (κ1) is 9.58. The second-order valence-electron chi connectivity index (χ2n) is 3.01. The third kappa shape index (κ3) is 2.10. The molecular formula is C11H8FNO2. The van der Waals surface area contributed by atoms with Crippen molar-refractivity contribution in [2.24, 2.45) is 0 Å². The highest BCUT2D eigenvalue weighted by Gasteiger charge is 2.06. The molecule has 0 radical (unpaired) electrons. The third-order valence-corrected chi connectivity index (χ3v) is 1.91. The maximum atomic E-state index is 12.9. The summed E-state index contributed by atoms with van der Waals surface area (Å²) < 4.78 is 18.1. The monoisotopic (exact) mass is 205 g/mol. The lowest BCUT2D eigenvalue weighted by Crippen LogP contribution is -1.80. The van der Waals surface area contributed by atoms with Gasteiger partial charge in [0.2, 0.25) is 5.89 Å². The molecule has 2 aromatic rings. The summed E-state index contributed by atoms with van der Waals surface area (Å²) >= 11 is 0. The Morgan fingerprint density at radius 3 is 3.07 bits per heavy atom. The van der Waals surface area contributed by atoms with Crippen molar-refractivity contribution < 1.29 is 13.6 Å². The minimum Gasteiger partial charge on any atom is -0.441 e. The zero-order valence-corrected chi connectivity index (χ0v) is 7.81. The summed E-state index contributed by atoms with van der Waals surface area (Å²) in [5, 5.41) is 0. The second-order valence-corrected chi connectivity index (χ2v) is 3.01. The normalized spacial score (nSPS) is 10.2. The Kier molecular flexibility index (Phi) is 2.58. The maximum Gasteiger partial charge on any atom is 0.226 e. The van der Waals surface area contributed by atoms with E-state index in [-0.39, 0.29) is 12.2 Å². The molecular weight excluding hydrogens is 197 g/mol. The molecule has 0 aliphatic heterocycles. The smallest absolute Gasteiger partial charge is 0.226 e. The van der Waals surface area contributed by atoms with E-state index in [1.807, 2.05) is 0 Å². The highest BCUT2D eigenvalue weighted by molar-refractivity contribution is 5.55. The largest absolute Gasteiger partial charge is 0.441 e. The molecule has 2 rings (SSSR count). The molecule has 0 bridgehead atoms. The number of aromatic nitrogens is 1. The van der Waals surface area contributed by atoms with Crippen LogP contribution >= 0.6 is 0 Å². The molecule has 1 aromatic carbocycles. The van der Waals surface area contributed by atoms with Crippen LogP contribution in [0.3, 0.4) is 0 Å². The van der Waals surface area contributed by atoms with Gasteiger partial charge in [-0.15, -0.1) is 0 Å². The van der Waals surface area contributed by atoms with E-state index in [0.717, 1.165) is 6.29 Å². The van der Waals surface area contributed by atoms with E-state index < -0.39 is 0 Å². The van der Waals surface area contributed by atoms with Crippen molar-refractivity contribution in [3.8, 4) is 11.5 Å². The molecule has 0 fully saturated rings. The number of hydrogen-bond donors (Lipinski definition) is 0. The van der Waals surface area contributed by atoms with Gasteiger partial charge in [-0.3, -0.25) is 0 Å². The van der Waals surface area contributed by atoms with E-state index in [1.165, 1.54) is 18.3 Å². The summed E-state index contributed by atoms with van der Waals surface area (Å²) in [6.07, 6.45) is 2.38. The number of hydrogen-bond acceptors (Lipinski definition) is 3. The van der Waals surface area contributed by atoms with Crippen LogP contribution in [-0.4, -0.2) is 11.3 Å². The van der Waals surface area contributed by atoms with Crippen LogP contribution in [0, 0.1) is 5.82 Å². The minimum absolute atomic E-state index is 0.183. The van der Waals surface area contributed by atoms with E-state index in [2.05, 4.69) is 4.98 Å². The minimum atomic E-state index is -0.345. The summed E-state index contributed by atoms with van der Waals surface area (Å²) in [7, 11) is 0. The van der Waals surface area contributed by atoms with E-state index in [9.17, 15) is 9.18 Å². The first-order chi connectivity index (χ1) is 7.29. The molecule has 1 aromatic heterocycles. The molecule has 0 spiro atoms. The van der Waals surface area contributed by atoms with Crippen molar-refractivity contribution >= 4 is 6.29 Å². The van der Waals surface area contributed by atoms with Crippen LogP contribution in [0.5, 0.6) is 0 Å². The molecule has 0 aliphatic rings. The predicted octanol–water partition coefficient (Wildman–Crippen LogP) is 2.22. The van der Waals surface area contributed by atoms with Gasteiger partial charge in [0.15, 0.2) is 0 Å². The van der Waals surface area contributed by atoms with E-state index in [4.69, 9.17) is 4.42 Å². The molecule has 0 aliphatic carbocycles. The Bertz CT molecular complexity index is 479. The number of benzene rings is 1. The zero-order chi connectivity index (χ0) is 10.7. The first-order valence-electron chi connectivity index (χ1n) is 4.44. The molecule has 15 heavy (non-hydrogen) atoms. The van der Waals surface area contributed by atoms with Gasteiger partial charge >= 0.3 is 0 Å². The number of halogens is 1. The van der Waals surface area contributed by atoms with Crippen LogP contribution in [0.25, 0.3) is 11.5 Å². The Labute approximate surface area is 85.6 Å². The SMILES string of the molecule is O=CCc1cnc(-c2cccc(F)c2)o1. The molecule has 1 heterocycles. The van der Waals surface area contributed by atoms with Crippen LogP contribution in [-0.2, 0) is 11.2 Å². The van der Waals surface area contributed by atoms with E-state index >= 15 is 0 Å². The van der Waals surface area contributed by atoms with Gasteiger partial charge in [-0.1, -0.05) is 6.07 Å².